The summed E-state index contributed by atoms with van der Waals surface area (Å²) in [4.78, 5) is 11.7. The molecular weight excluding hydrogens is 256 g/mol. The normalized spacial score (nSPS) is 11.8. The summed E-state index contributed by atoms with van der Waals surface area (Å²) in [6.07, 6.45) is 4.34. The van der Waals surface area contributed by atoms with Crippen LogP contribution in [-0.4, -0.2) is 32.7 Å². The fraction of sp³-hybridized carbons (Fsp3) is 0.467. The number of aliphatic hydroxyl groups is 1. The third-order valence-corrected chi connectivity index (χ3v) is 3.09. The number of nitrogens with zero attached hydrogens (tertiary/aromatic N) is 2. The minimum Gasteiger partial charge on any atom is -0.492 e. The molecule has 2 heterocycles. The number of carbonyl (C=O) groups excluding carboxylic acids is 1. The molecule has 1 N–H and O–H groups in total. The summed E-state index contributed by atoms with van der Waals surface area (Å²) in [5.41, 5.74) is 0.679. The van der Waals surface area contributed by atoms with Gasteiger partial charge in [0.15, 0.2) is 5.78 Å². The zero-order valence-electron chi connectivity index (χ0n) is 12.1. The van der Waals surface area contributed by atoms with Crippen LogP contribution in [0.25, 0.3) is 5.52 Å². The molecule has 0 amide bonds. The van der Waals surface area contributed by atoms with Gasteiger partial charge < -0.3 is 9.84 Å². The largest absolute Gasteiger partial charge is 0.492 e. The van der Waals surface area contributed by atoms with E-state index >= 15 is 0 Å². The Balaban J connectivity index is 2.13. The Morgan fingerprint density at radius 2 is 2.20 bits per heavy atom. The summed E-state index contributed by atoms with van der Waals surface area (Å²) in [5.74, 6) is 0.746. The number of Topliss-reactive ketones (excluding diaryl/α,β-unsaturated/α-hetero) is 1. The van der Waals surface area contributed by atoms with E-state index < -0.39 is 5.60 Å². The Morgan fingerprint density at radius 1 is 1.45 bits per heavy atom. The molecule has 0 aromatic carbocycles. The van der Waals surface area contributed by atoms with E-state index in [4.69, 9.17) is 4.74 Å². The lowest BCUT2D eigenvalue weighted by molar-refractivity contribution is 0.0552. The Morgan fingerprint density at radius 3 is 2.85 bits per heavy atom. The molecule has 108 valence electrons. The van der Waals surface area contributed by atoms with E-state index in [0.29, 0.717) is 30.8 Å². The maximum absolute atomic E-state index is 11.7. The predicted octanol–water partition coefficient (Wildman–Crippen LogP) is 2.47. The lowest BCUT2D eigenvalue weighted by Crippen LogP contribution is -2.21. The third-order valence-electron chi connectivity index (χ3n) is 3.09. The Hall–Kier alpha value is -1.88. The maximum atomic E-state index is 11.7. The van der Waals surface area contributed by atoms with Crippen molar-refractivity contribution in [1.82, 2.24) is 9.61 Å². The Bertz CT molecular complexity index is 611. The van der Waals surface area contributed by atoms with Gasteiger partial charge in [-0.05, 0) is 26.0 Å². The molecule has 0 fully saturated rings. The first kappa shape index (κ1) is 14.5. The van der Waals surface area contributed by atoms with Crippen LogP contribution in [-0.2, 0) is 0 Å². The fourth-order valence-electron chi connectivity index (χ4n) is 1.87. The van der Waals surface area contributed by atoms with Crippen LogP contribution in [0.5, 0.6) is 5.75 Å². The van der Waals surface area contributed by atoms with Crippen LogP contribution in [0.1, 0.15) is 44.0 Å². The standard InChI is InChI=1S/C15H20N2O3/c1-4-14(18)12-9-16-17-10-11(5-6-13(12)17)20-8-7-15(2,3)19/h5-6,9-10,19H,4,7-8H2,1-3H3. The van der Waals surface area contributed by atoms with E-state index in [1.165, 1.54) is 0 Å². The first-order valence-corrected chi connectivity index (χ1v) is 6.76. The molecule has 0 spiro atoms. The second kappa shape index (κ2) is 5.63. The molecule has 5 heteroatoms. The topological polar surface area (TPSA) is 63.8 Å². The van der Waals surface area contributed by atoms with Gasteiger partial charge in [0, 0.05) is 12.8 Å². The number of fused-ring (bicyclic) bond motifs is 1. The zero-order valence-corrected chi connectivity index (χ0v) is 12.1. The average molecular weight is 276 g/mol. The number of hydrogen-bond donors (Lipinski definition) is 1. The summed E-state index contributed by atoms with van der Waals surface area (Å²) in [6, 6.07) is 3.64. The summed E-state index contributed by atoms with van der Waals surface area (Å²) in [6.45, 7) is 5.75. The molecule has 5 nitrogen and oxygen atoms in total. The summed E-state index contributed by atoms with van der Waals surface area (Å²) >= 11 is 0. The number of ketones is 1. The molecular formula is C15H20N2O3. The van der Waals surface area contributed by atoms with Gasteiger partial charge in [-0.25, -0.2) is 4.52 Å². The highest BCUT2D eigenvalue weighted by atomic mass is 16.5. The van der Waals surface area contributed by atoms with Crippen molar-refractivity contribution in [2.24, 2.45) is 0 Å². The molecule has 0 atom stereocenters. The number of carbonyl (C=O) groups is 1. The molecule has 0 saturated heterocycles. The van der Waals surface area contributed by atoms with Crippen LogP contribution in [0.4, 0.5) is 0 Å². The Kier molecular flexibility index (Phi) is 4.09. The number of rotatable bonds is 6. The minimum absolute atomic E-state index is 0.0794. The number of pyridine rings is 1. The van der Waals surface area contributed by atoms with Crippen molar-refractivity contribution < 1.29 is 14.6 Å². The van der Waals surface area contributed by atoms with Gasteiger partial charge in [0.05, 0.1) is 35.7 Å². The predicted molar refractivity (Wildman–Crippen MR) is 76.2 cm³/mol. The number of aromatic nitrogens is 2. The lowest BCUT2D eigenvalue weighted by atomic mass is 10.1. The van der Waals surface area contributed by atoms with Crippen molar-refractivity contribution in [1.29, 1.82) is 0 Å². The maximum Gasteiger partial charge on any atom is 0.166 e. The lowest BCUT2D eigenvalue weighted by Gasteiger charge is -2.17. The van der Waals surface area contributed by atoms with Crippen molar-refractivity contribution in [3.05, 3.63) is 30.1 Å². The molecule has 0 unspecified atom stereocenters. The molecule has 0 aliphatic heterocycles. The van der Waals surface area contributed by atoms with Crippen molar-refractivity contribution in [3.8, 4) is 5.75 Å². The third kappa shape index (κ3) is 3.36. The molecule has 0 bridgehead atoms. The summed E-state index contributed by atoms with van der Waals surface area (Å²) in [7, 11) is 0. The molecule has 2 rings (SSSR count). The summed E-state index contributed by atoms with van der Waals surface area (Å²) < 4.78 is 7.22. The van der Waals surface area contributed by atoms with E-state index in [2.05, 4.69) is 5.10 Å². The first-order valence-electron chi connectivity index (χ1n) is 6.76. The van der Waals surface area contributed by atoms with E-state index in [1.54, 1.807) is 30.8 Å². The van der Waals surface area contributed by atoms with E-state index in [0.717, 1.165) is 5.52 Å². The van der Waals surface area contributed by atoms with Gasteiger partial charge in [-0.2, -0.15) is 5.10 Å². The fourth-order valence-corrected chi connectivity index (χ4v) is 1.87. The van der Waals surface area contributed by atoms with E-state index in [-0.39, 0.29) is 5.78 Å². The van der Waals surface area contributed by atoms with Crippen LogP contribution in [0.2, 0.25) is 0 Å². The van der Waals surface area contributed by atoms with Crippen molar-refractivity contribution in [3.63, 3.8) is 0 Å². The van der Waals surface area contributed by atoms with Gasteiger partial charge >= 0.3 is 0 Å². The zero-order chi connectivity index (χ0) is 14.8. The van der Waals surface area contributed by atoms with Gasteiger partial charge in [0.1, 0.15) is 5.75 Å². The van der Waals surface area contributed by atoms with Crippen LogP contribution in [0, 0.1) is 0 Å². The van der Waals surface area contributed by atoms with E-state index in [9.17, 15) is 9.90 Å². The highest BCUT2D eigenvalue weighted by Gasteiger charge is 2.13. The van der Waals surface area contributed by atoms with Crippen molar-refractivity contribution in [2.75, 3.05) is 6.61 Å². The van der Waals surface area contributed by atoms with Crippen LogP contribution in [0.15, 0.2) is 24.5 Å². The van der Waals surface area contributed by atoms with Gasteiger partial charge in [-0.1, -0.05) is 6.92 Å². The Labute approximate surface area is 118 Å². The van der Waals surface area contributed by atoms with Gasteiger partial charge in [-0.15, -0.1) is 0 Å². The van der Waals surface area contributed by atoms with Gasteiger partial charge in [0.25, 0.3) is 0 Å². The molecule has 2 aromatic heterocycles. The van der Waals surface area contributed by atoms with Gasteiger partial charge in [0.2, 0.25) is 0 Å². The number of ether oxygens (including phenoxy) is 1. The molecule has 0 aliphatic carbocycles. The van der Waals surface area contributed by atoms with Crippen molar-refractivity contribution in [2.45, 2.75) is 39.2 Å². The average Bonchev–Trinajstić information content (AvgIpc) is 2.79. The quantitative estimate of drug-likeness (QED) is 0.823. The van der Waals surface area contributed by atoms with E-state index in [1.807, 2.05) is 19.1 Å². The molecule has 2 aromatic rings. The second-order valence-electron chi connectivity index (χ2n) is 5.44. The van der Waals surface area contributed by atoms with Gasteiger partial charge in [-0.3, -0.25) is 4.79 Å². The first-order chi connectivity index (χ1) is 9.40. The van der Waals surface area contributed by atoms with Crippen LogP contribution < -0.4 is 4.74 Å². The van der Waals surface area contributed by atoms with Crippen molar-refractivity contribution >= 4 is 11.3 Å². The van der Waals surface area contributed by atoms with Crippen LogP contribution in [0.3, 0.4) is 0 Å². The molecule has 0 radical (unpaired) electrons. The molecule has 20 heavy (non-hydrogen) atoms. The monoisotopic (exact) mass is 276 g/mol. The minimum atomic E-state index is -0.740. The van der Waals surface area contributed by atoms with Crippen LogP contribution >= 0.6 is 0 Å². The second-order valence-corrected chi connectivity index (χ2v) is 5.44. The molecule has 0 aliphatic rings. The smallest absolute Gasteiger partial charge is 0.166 e. The highest BCUT2D eigenvalue weighted by molar-refractivity contribution is 6.01. The summed E-state index contributed by atoms with van der Waals surface area (Å²) in [5, 5.41) is 13.8. The molecule has 0 saturated carbocycles. The highest BCUT2D eigenvalue weighted by Crippen LogP contribution is 2.18. The number of hydrogen-bond acceptors (Lipinski definition) is 4. The SMILES string of the molecule is CCC(=O)c1cnn2cc(OCCC(C)(C)O)ccc12.